The second-order valence-corrected chi connectivity index (χ2v) is 5.24. The molecule has 0 fully saturated rings. The summed E-state index contributed by atoms with van der Waals surface area (Å²) in [4.78, 5) is 12.2. The molecule has 5 heteroatoms. The zero-order valence-corrected chi connectivity index (χ0v) is 12.1. The lowest BCUT2D eigenvalue weighted by atomic mass is 10.1. The monoisotopic (exact) mass is 333 g/mol. The number of benzene rings is 2. The van der Waals surface area contributed by atoms with Crippen LogP contribution in [-0.4, -0.2) is 19.1 Å². The summed E-state index contributed by atoms with van der Waals surface area (Å²) < 4.78 is 11.8. The molecule has 0 atom stereocenters. The number of carbonyl (C=O) groups excluding carboxylic acids is 1. The number of fused-ring (bicyclic) bond motifs is 1. The van der Waals surface area contributed by atoms with Gasteiger partial charge in [0.15, 0.2) is 11.5 Å². The largest absolute Gasteiger partial charge is 0.486 e. The van der Waals surface area contributed by atoms with Crippen LogP contribution in [0.4, 0.5) is 5.69 Å². The van der Waals surface area contributed by atoms with E-state index in [2.05, 4.69) is 21.2 Å². The smallest absolute Gasteiger partial charge is 0.255 e. The maximum Gasteiger partial charge on any atom is 0.255 e. The van der Waals surface area contributed by atoms with Gasteiger partial charge in [0.05, 0.1) is 0 Å². The highest BCUT2D eigenvalue weighted by Gasteiger charge is 2.15. The van der Waals surface area contributed by atoms with E-state index in [1.807, 2.05) is 24.3 Å². The minimum atomic E-state index is -0.180. The Morgan fingerprint density at radius 1 is 1.05 bits per heavy atom. The second-order valence-electron chi connectivity index (χ2n) is 4.32. The van der Waals surface area contributed by atoms with Crippen molar-refractivity contribution in [2.45, 2.75) is 0 Å². The summed E-state index contributed by atoms with van der Waals surface area (Å²) in [6.07, 6.45) is 0. The maximum absolute atomic E-state index is 12.2. The van der Waals surface area contributed by atoms with Crippen LogP contribution in [0.25, 0.3) is 0 Å². The van der Waals surface area contributed by atoms with Gasteiger partial charge in [0.2, 0.25) is 0 Å². The maximum atomic E-state index is 12.2. The first-order valence-corrected chi connectivity index (χ1v) is 6.98. The van der Waals surface area contributed by atoms with Gasteiger partial charge in [-0.25, -0.2) is 0 Å². The molecule has 2 aromatic carbocycles. The Labute approximate surface area is 124 Å². The van der Waals surface area contributed by atoms with Gasteiger partial charge in [-0.1, -0.05) is 22.0 Å². The summed E-state index contributed by atoms with van der Waals surface area (Å²) in [5, 5.41) is 2.84. The van der Waals surface area contributed by atoms with Crippen molar-refractivity contribution in [3.05, 3.63) is 52.5 Å². The first-order chi connectivity index (χ1) is 9.72. The normalized spacial score (nSPS) is 12.8. The first kappa shape index (κ1) is 13.0. The zero-order chi connectivity index (χ0) is 13.9. The Kier molecular flexibility index (Phi) is 3.60. The summed E-state index contributed by atoms with van der Waals surface area (Å²) in [7, 11) is 0. The van der Waals surface area contributed by atoms with Crippen LogP contribution in [0.2, 0.25) is 0 Å². The molecule has 0 saturated carbocycles. The highest BCUT2D eigenvalue weighted by molar-refractivity contribution is 9.10. The van der Waals surface area contributed by atoms with E-state index in [1.165, 1.54) is 0 Å². The molecule has 1 aliphatic rings. The molecule has 20 heavy (non-hydrogen) atoms. The molecular formula is C15H12BrNO3. The van der Waals surface area contributed by atoms with E-state index >= 15 is 0 Å². The van der Waals surface area contributed by atoms with Crippen LogP contribution >= 0.6 is 15.9 Å². The number of anilines is 1. The van der Waals surface area contributed by atoms with Crippen LogP contribution in [0.15, 0.2) is 46.9 Å². The van der Waals surface area contributed by atoms with Crippen molar-refractivity contribution < 1.29 is 14.3 Å². The van der Waals surface area contributed by atoms with Gasteiger partial charge in [0.1, 0.15) is 13.2 Å². The standard InChI is InChI=1S/C15H12BrNO3/c16-11-2-1-3-12(9-11)17-15(18)10-4-5-13-14(8-10)20-7-6-19-13/h1-5,8-9H,6-7H2,(H,17,18). The molecule has 0 spiro atoms. The number of carbonyl (C=O) groups is 1. The number of nitrogens with one attached hydrogen (secondary N) is 1. The van der Waals surface area contributed by atoms with E-state index in [0.717, 1.165) is 10.2 Å². The summed E-state index contributed by atoms with van der Waals surface area (Å²) >= 11 is 3.37. The van der Waals surface area contributed by atoms with Crippen molar-refractivity contribution in [2.24, 2.45) is 0 Å². The third-order valence-electron chi connectivity index (χ3n) is 2.89. The van der Waals surface area contributed by atoms with Crippen molar-refractivity contribution in [1.29, 1.82) is 0 Å². The topological polar surface area (TPSA) is 47.6 Å². The molecule has 0 radical (unpaired) electrons. The number of halogens is 1. The molecule has 0 aliphatic carbocycles. The van der Waals surface area contributed by atoms with Gasteiger partial charge < -0.3 is 14.8 Å². The Hall–Kier alpha value is -2.01. The van der Waals surface area contributed by atoms with Crippen LogP contribution in [0.3, 0.4) is 0 Å². The predicted octanol–water partition coefficient (Wildman–Crippen LogP) is 3.47. The third kappa shape index (κ3) is 2.77. The van der Waals surface area contributed by atoms with Crippen LogP contribution in [0.5, 0.6) is 11.5 Å². The van der Waals surface area contributed by atoms with Gasteiger partial charge in [-0.05, 0) is 36.4 Å². The lowest BCUT2D eigenvalue weighted by Crippen LogP contribution is -2.17. The van der Waals surface area contributed by atoms with E-state index in [1.54, 1.807) is 18.2 Å². The van der Waals surface area contributed by atoms with E-state index in [-0.39, 0.29) is 5.91 Å². The number of amides is 1. The molecular weight excluding hydrogens is 322 g/mol. The Bertz CT molecular complexity index is 657. The first-order valence-electron chi connectivity index (χ1n) is 6.19. The average Bonchev–Trinajstić information content (AvgIpc) is 2.47. The van der Waals surface area contributed by atoms with Crippen LogP contribution in [0.1, 0.15) is 10.4 Å². The minimum absolute atomic E-state index is 0.180. The fraction of sp³-hybridized carbons (Fsp3) is 0.133. The number of rotatable bonds is 2. The molecule has 1 aliphatic heterocycles. The predicted molar refractivity (Wildman–Crippen MR) is 79.5 cm³/mol. The fourth-order valence-electron chi connectivity index (χ4n) is 1.95. The summed E-state index contributed by atoms with van der Waals surface area (Å²) in [6, 6.07) is 12.6. The molecule has 1 amide bonds. The van der Waals surface area contributed by atoms with E-state index in [4.69, 9.17) is 9.47 Å². The Balaban J connectivity index is 1.80. The van der Waals surface area contributed by atoms with Gasteiger partial charge >= 0.3 is 0 Å². The molecule has 1 heterocycles. The Morgan fingerprint density at radius 2 is 1.85 bits per heavy atom. The molecule has 2 aromatic rings. The molecule has 3 rings (SSSR count). The van der Waals surface area contributed by atoms with Crippen molar-refractivity contribution in [2.75, 3.05) is 18.5 Å². The molecule has 4 nitrogen and oxygen atoms in total. The van der Waals surface area contributed by atoms with E-state index in [9.17, 15) is 4.79 Å². The van der Waals surface area contributed by atoms with Gasteiger partial charge in [-0.3, -0.25) is 4.79 Å². The van der Waals surface area contributed by atoms with Crippen LogP contribution < -0.4 is 14.8 Å². The second kappa shape index (κ2) is 5.54. The molecule has 1 N–H and O–H groups in total. The molecule has 0 saturated heterocycles. The lowest BCUT2D eigenvalue weighted by molar-refractivity contribution is 0.102. The minimum Gasteiger partial charge on any atom is -0.486 e. The number of hydrogen-bond donors (Lipinski definition) is 1. The SMILES string of the molecule is O=C(Nc1cccc(Br)c1)c1ccc2c(c1)OCCO2. The van der Waals surface area contributed by atoms with E-state index in [0.29, 0.717) is 30.3 Å². The van der Waals surface area contributed by atoms with Gasteiger partial charge in [0, 0.05) is 15.7 Å². The van der Waals surface area contributed by atoms with Crippen molar-refractivity contribution in [3.8, 4) is 11.5 Å². The molecule has 0 aromatic heterocycles. The van der Waals surface area contributed by atoms with Crippen LogP contribution in [0, 0.1) is 0 Å². The zero-order valence-electron chi connectivity index (χ0n) is 10.6. The van der Waals surface area contributed by atoms with E-state index < -0.39 is 0 Å². The van der Waals surface area contributed by atoms with Crippen molar-refractivity contribution in [3.63, 3.8) is 0 Å². The highest BCUT2D eigenvalue weighted by atomic mass is 79.9. The molecule has 0 unspecified atom stereocenters. The summed E-state index contributed by atoms with van der Waals surface area (Å²) in [5.41, 5.74) is 1.27. The lowest BCUT2D eigenvalue weighted by Gasteiger charge is -2.18. The van der Waals surface area contributed by atoms with Crippen LogP contribution in [-0.2, 0) is 0 Å². The Morgan fingerprint density at radius 3 is 2.65 bits per heavy atom. The van der Waals surface area contributed by atoms with Gasteiger partial charge in [-0.15, -0.1) is 0 Å². The quantitative estimate of drug-likeness (QED) is 0.915. The highest BCUT2D eigenvalue weighted by Crippen LogP contribution is 2.31. The molecule has 0 bridgehead atoms. The van der Waals surface area contributed by atoms with Crippen molar-refractivity contribution in [1.82, 2.24) is 0 Å². The summed E-state index contributed by atoms with van der Waals surface area (Å²) in [5.74, 6) is 1.11. The van der Waals surface area contributed by atoms with Crippen molar-refractivity contribution >= 4 is 27.5 Å². The average molecular weight is 334 g/mol. The van der Waals surface area contributed by atoms with Gasteiger partial charge in [0.25, 0.3) is 5.91 Å². The number of hydrogen-bond acceptors (Lipinski definition) is 3. The summed E-state index contributed by atoms with van der Waals surface area (Å²) in [6.45, 7) is 1.04. The fourth-order valence-corrected chi connectivity index (χ4v) is 2.35. The number of ether oxygens (including phenoxy) is 2. The third-order valence-corrected chi connectivity index (χ3v) is 3.38. The van der Waals surface area contributed by atoms with Gasteiger partial charge in [-0.2, -0.15) is 0 Å². The molecule has 102 valence electrons.